The van der Waals surface area contributed by atoms with Gasteiger partial charge in [0.1, 0.15) is 17.2 Å². The fourth-order valence-corrected chi connectivity index (χ4v) is 6.28. The Morgan fingerprint density at radius 3 is 2.72 bits per heavy atom. The zero-order chi connectivity index (χ0) is 25.9. The number of nitrogens with zero attached hydrogens (tertiary/aromatic N) is 2. The van der Waals surface area contributed by atoms with Crippen molar-refractivity contribution in [1.82, 2.24) is 10.2 Å². The molecule has 2 fully saturated rings. The fourth-order valence-electron chi connectivity index (χ4n) is 4.62. The lowest BCUT2D eigenvalue weighted by Crippen LogP contribution is -2.71. The number of nitrogens with one attached hydrogen (secondary N) is 1. The third-order valence-electron chi connectivity index (χ3n) is 6.28. The summed E-state index contributed by atoms with van der Waals surface area (Å²) in [7, 11) is 0. The van der Waals surface area contributed by atoms with Crippen LogP contribution in [0.1, 0.15) is 31.9 Å². The van der Waals surface area contributed by atoms with Gasteiger partial charge in [0.25, 0.3) is 5.91 Å². The van der Waals surface area contributed by atoms with Gasteiger partial charge in [-0.2, -0.15) is 0 Å². The maximum atomic E-state index is 13.0. The van der Waals surface area contributed by atoms with Crippen molar-refractivity contribution in [2.24, 2.45) is 4.99 Å². The summed E-state index contributed by atoms with van der Waals surface area (Å²) in [6.45, 7) is 9.43. The molecule has 4 rings (SSSR count). The molecule has 0 spiro atoms. The predicted octanol–water partition coefficient (Wildman–Crippen LogP) is 3.51. The Hall–Kier alpha value is -3.14. The van der Waals surface area contributed by atoms with E-state index < -0.39 is 23.1 Å². The predicted molar refractivity (Wildman–Crippen MR) is 141 cm³/mol. The van der Waals surface area contributed by atoms with E-state index in [1.165, 1.54) is 11.8 Å². The summed E-state index contributed by atoms with van der Waals surface area (Å²) in [5.74, 6) is -0.0414. The van der Waals surface area contributed by atoms with E-state index in [1.807, 2.05) is 69.3 Å². The Kier molecular flexibility index (Phi) is 7.82. The molecule has 2 saturated heterocycles. The van der Waals surface area contributed by atoms with Gasteiger partial charge in [-0.15, -0.1) is 11.8 Å². The number of allylic oxidation sites excluding steroid dienone is 1. The molecule has 2 aliphatic heterocycles. The van der Waals surface area contributed by atoms with Crippen LogP contribution < -0.4 is 10.1 Å². The minimum Gasteiger partial charge on any atom is -0.484 e. The van der Waals surface area contributed by atoms with Gasteiger partial charge in [0.2, 0.25) is 5.91 Å². The second-order valence-electron chi connectivity index (χ2n) is 9.16. The van der Waals surface area contributed by atoms with Gasteiger partial charge in [-0.3, -0.25) is 14.6 Å². The lowest BCUT2D eigenvalue weighted by molar-refractivity contribution is -0.182. The first-order chi connectivity index (χ1) is 17.3. The van der Waals surface area contributed by atoms with Crippen LogP contribution >= 0.6 is 11.8 Å². The van der Waals surface area contributed by atoms with Gasteiger partial charge in [0.15, 0.2) is 12.9 Å². The molecule has 0 radical (unpaired) electrons. The van der Waals surface area contributed by atoms with E-state index in [4.69, 9.17) is 9.47 Å². The van der Waals surface area contributed by atoms with Crippen LogP contribution in [0.4, 0.5) is 5.69 Å². The van der Waals surface area contributed by atoms with Crippen molar-refractivity contribution < 1.29 is 24.2 Å². The van der Waals surface area contributed by atoms with E-state index in [2.05, 4.69) is 17.0 Å². The Labute approximate surface area is 215 Å². The van der Waals surface area contributed by atoms with Crippen molar-refractivity contribution in [3.05, 3.63) is 65.7 Å². The number of carbonyl (C=O) groups is 2. The summed E-state index contributed by atoms with van der Waals surface area (Å²) in [5, 5.41) is 13.5. The van der Waals surface area contributed by atoms with E-state index >= 15 is 0 Å². The Morgan fingerprint density at radius 2 is 2.03 bits per heavy atom. The SMILES string of the molecule is C=Nc1c(C=CC)cccc1COC(O)C1N2C(=O)C(NC(=O)COc3ccccc3)C2SC1(C)C. The molecular weight excluding hydrogens is 478 g/mol. The molecule has 0 aliphatic carbocycles. The molecule has 0 saturated carbocycles. The summed E-state index contributed by atoms with van der Waals surface area (Å²) in [4.78, 5) is 31.2. The smallest absolute Gasteiger partial charge is 0.258 e. The van der Waals surface area contributed by atoms with E-state index in [1.54, 1.807) is 17.0 Å². The van der Waals surface area contributed by atoms with Gasteiger partial charge in [-0.1, -0.05) is 48.6 Å². The minimum absolute atomic E-state index is 0.113. The molecule has 2 heterocycles. The van der Waals surface area contributed by atoms with Gasteiger partial charge in [0.05, 0.1) is 18.3 Å². The number of aliphatic hydroxyl groups excluding tert-OH is 1. The number of benzene rings is 2. The highest BCUT2D eigenvalue weighted by Crippen LogP contribution is 2.52. The Morgan fingerprint density at radius 1 is 1.28 bits per heavy atom. The summed E-state index contributed by atoms with van der Waals surface area (Å²) < 4.78 is 10.8. The normalized spacial score (nSPS) is 23.2. The molecule has 190 valence electrons. The van der Waals surface area contributed by atoms with E-state index in [0.717, 1.165) is 11.1 Å². The highest BCUT2D eigenvalue weighted by atomic mass is 32.2. The molecule has 0 aromatic heterocycles. The van der Waals surface area contributed by atoms with E-state index in [0.29, 0.717) is 11.4 Å². The van der Waals surface area contributed by atoms with Crippen LogP contribution in [0, 0.1) is 0 Å². The van der Waals surface area contributed by atoms with Crippen molar-refractivity contribution in [3.63, 3.8) is 0 Å². The minimum atomic E-state index is -1.22. The molecule has 2 amide bonds. The van der Waals surface area contributed by atoms with Gasteiger partial charge in [-0.25, -0.2) is 0 Å². The van der Waals surface area contributed by atoms with Gasteiger partial charge in [-0.05, 0) is 39.6 Å². The molecular formula is C27H31N3O5S. The number of carbonyl (C=O) groups excluding carboxylic acids is 2. The summed E-state index contributed by atoms with van der Waals surface area (Å²) in [6.07, 6.45) is 2.63. The fraction of sp³-hybridized carbons (Fsp3) is 0.370. The first-order valence-corrected chi connectivity index (χ1v) is 12.6. The van der Waals surface area contributed by atoms with Crippen LogP contribution in [-0.2, 0) is 20.9 Å². The third-order valence-corrected chi connectivity index (χ3v) is 7.87. The monoisotopic (exact) mass is 509 g/mol. The molecule has 2 aliphatic rings. The molecule has 0 bridgehead atoms. The molecule has 36 heavy (non-hydrogen) atoms. The maximum Gasteiger partial charge on any atom is 0.258 e. The number of amides is 2. The van der Waals surface area contributed by atoms with E-state index in [9.17, 15) is 14.7 Å². The number of aliphatic hydroxyl groups is 1. The van der Waals surface area contributed by atoms with Crippen LogP contribution in [0.5, 0.6) is 5.75 Å². The average Bonchev–Trinajstić information content (AvgIpc) is 3.13. The van der Waals surface area contributed by atoms with Crippen LogP contribution in [0.25, 0.3) is 6.08 Å². The topological polar surface area (TPSA) is 100 Å². The number of fused-ring (bicyclic) bond motifs is 1. The summed E-state index contributed by atoms with van der Waals surface area (Å²) in [5.41, 5.74) is 2.40. The van der Waals surface area contributed by atoms with E-state index in [-0.39, 0.29) is 30.4 Å². The number of thioether (sulfide) groups is 1. The zero-order valence-electron chi connectivity index (χ0n) is 20.6. The molecule has 4 atom stereocenters. The second kappa shape index (κ2) is 10.9. The lowest BCUT2D eigenvalue weighted by atomic mass is 9.95. The highest BCUT2D eigenvalue weighted by Gasteiger charge is 2.63. The van der Waals surface area contributed by atoms with Crippen LogP contribution in [-0.4, -0.2) is 63.6 Å². The van der Waals surface area contributed by atoms with Gasteiger partial charge >= 0.3 is 0 Å². The summed E-state index contributed by atoms with van der Waals surface area (Å²) in [6, 6.07) is 13.5. The molecule has 2 aromatic carbocycles. The summed E-state index contributed by atoms with van der Waals surface area (Å²) >= 11 is 1.53. The van der Waals surface area contributed by atoms with Gasteiger partial charge < -0.3 is 24.8 Å². The number of hydrogen-bond acceptors (Lipinski definition) is 7. The number of ether oxygens (including phenoxy) is 2. The zero-order valence-corrected chi connectivity index (χ0v) is 21.4. The van der Waals surface area contributed by atoms with Crippen LogP contribution in [0.3, 0.4) is 0 Å². The van der Waals surface area contributed by atoms with Crippen LogP contribution in [0.15, 0.2) is 59.6 Å². The standard InChI is InChI=1S/C27H31N3O5S/c1-5-10-17-11-9-12-18(21(17)28-4)15-35-26(33)23-27(2,3)36-25-22(24(32)30(23)25)29-20(31)16-34-19-13-7-6-8-14-19/h5-14,22-23,25-26,33H,4,15-16H2,1-3H3,(H,29,31). The number of β-lactam (4-membered cyclic amide) rings is 1. The van der Waals surface area contributed by atoms with Crippen LogP contribution in [0.2, 0.25) is 0 Å². The van der Waals surface area contributed by atoms with Crippen molar-refractivity contribution >= 4 is 42.1 Å². The van der Waals surface area contributed by atoms with Gasteiger partial charge in [0, 0.05) is 15.9 Å². The van der Waals surface area contributed by atoms with Crippen molar-refractivity contribution in [3.8, 4) is 5.75 Å². The molecule has 2 N–H and O–H groups in total. The molecule has 9 heteroatoms. The first-order valence-electron chi connectivity index (χ1n) is 11.7. The molecule has 2 aromatic rings. The van der Waals surface area contributed by atoms with Crippen molar-refractivity contribution in [1.29, 1.82) is 0 Å². The number of rotatable bonds is 10. The Balaban J connectivity index is 1.38. The van der Waals surface area contributed by atoms with Crippen molar-refractivity contribution in [2.75, 3.05) is 6.61 Å². The number of aliphatic imine (C=N–C) groups is 1. The number of hydrogen-bond donors (Lipinski definition) is 2. The highest BCUT2D eigenvalue weighted by molar-refractivity contribution is 8.01. The maximum absolute atomic E-state index is 13.0. The van der Waals surface area contributed by atoms with Crippen molar-refractivity contribution in [2.45, 2.75) is 55.9 Å². The second-order valence-corrected chi connectivity index (χ2v) is 10.9. The Bertz CT molecular complexity index is 1150. The third kappa shape index (κ3) is 5.18. The largest absolute Gasteiger partial charge is 0.484 e. The average molecular weight is 510 g/mol. The number of para-hydroxylation sites is 2. The first kappa shape index (κ1) is 25.9. The quantitative estimate of drug-likeness (QED) is 0.289. The lowest BCUT2D eigenvalue weighted by Gasteiger charge is -2.45. The molecule has 8 nitrogen and oxygen atoms in total. The molecule has 4 unspecified atom stereocenters.